The molecule has 1 heterocycles. The number of rotatable bonds is 34. The Hall–Kier alpha value is -2.37. The minimum Gasteiger partial charge on any atom is -0.394 e. The van der Waals surface area contributed by atoms with Crippen LogP contribution in [-0.4, -0.2) is 87.5 Å². The number of amides is 1. The summed E-state index contributed by atoms with van der Waals surface area (Å²) in [5.74, 6) is -0.199. The van der Waals surface area contributed by atoms with Gasteiger partial charge in [0.05, 0.1) is 25.4 Å². The number of hydrogen-bond acceptors (Lipinski definition) is 8. The van der Waals surface area contributed by atoms with E-state index in [4.69, 9.17) is 9.47 Å². The summed E-state index contributed by atoms with van der Waals surface area (Å²) >= 11 is 0. The zero-order chi connectivity index (χ0) is 40.2. The number of unbranched alkanes of at least 4 members (excludes halogenated alkanes) is 14. The number of carbonyl (C=O) groups excluding carboxylic acids is 1. The van der Waals surface area contributed by atoms with E-state index in [0.29, 0.717) is 6.42 Å². The normalized spacial score (nSPS) is 22.1. The highest BCUT2D eigenvalue weighted by Gasteiger charge is 2.44. The fourth-order valence-corrected chi connectivity index (χ4v) is 6.28. The molecule has 0 saturated carbocycles. The summed E-state index contributed by atoms with van der Waals surface area (Å²) in [6, 6.07) is -0.824. The fourth-order valence-electron chi connectivity index (χ4n) is 6.28. The van der Waals surface area contributed by atoms with Gasteiger partial charge >= 0.3 is 0 Å². The summed E-state index contributed by atoms with van der Waals surface area (Å²) < 4.78 is 11.1. The number of nitrogens with one attached hydrogen (secondary N) is 1. The van der Waals surface area contributed by atoms with Crippen LogP contribution in [0, 0.1) is 0 Å². The molecule has 0 spiro atoms. The summed E-state index contributed by atoms with van der Waals surface area (Å²) in [4.78, 5) is 12.9. The van der Waals surface area contributed by atoms with E-state index in [1.165, 1.54) is 57.8 Å². The molecule has 0 radical (unpaired) electrons. The van der Waals surface area contributed by atoms with Crippen LogP contribution in [0.1, 0.15) is 155 Å². The maximum absolute atomic E-state index is 12.9. The van der Waals surface area contributed by atoms with Crippen molar-refractivity contribution < 1.29 is 39.8 Å². The molecule has 1 aliphatic heterocycles. The van der Waals surface area contributed by atoms with Crippen LogP contribution in [-0.2, 0) is 14.3 Å². The first-order valence-corrected chi connectivity index (χ1v) is 21.7. The van der Waals surface area contributed by atoms with Gasteiger partial charge in [-0.3, -0.25) is 4.79 Å². The van der Waals surface area contributed by atoms with E-state index in [2.05, 4.69) is 79.9 Å². The lowest BCUT2D eigenvalue weighted by atomic mass is 9.99. The molecule has 0 aromatic rings. The van der Waals surface area contributed by atoms with Gasteiger partial charge < -0.3 is 40.3 Å². The van der Waals surface area contributed by atoms with Gasteiger partial charge in [-0.25, -0.2) is 0 Å². The molecule has 316 valence electrons. The second-order valence-electron chi connectivity index (χ2n) is 14.7. The molecule has 55 heavy (non-hydrogen) atoms. The molecule has 9 heteroatoms. The number of aliphatic hydroxyl groups excluding tert-OH is 5. The molecule has 0 aromatic heterocycles. The van der Waals surface area contributed by atoms with Gasteiger partial charge in [-0.2, -0.15) is 0 Å². The van der Waals surface area contributed by atoms with Crippen molar-refractivity contribution in [3.63, 3.8) is 0 Å². The van der Waals surface area contributed by atoms with E-state index in [1.54, 1.807) is 6.08 Å². The quantitative estimate of drug-likeness (QED) is 0.0281. The maximum Gasteiger partial charge on any atom is 0.220 e. The van der Waals surface area contributed by atoms with Crippen LogP contribution in [0.25, 0.3) is 0 Å². The summed E-state index contributed by atoms with van der Waals surface area (Å²) in [7, 11) is 0. The van der Waals surface area contributed by atoms with E-state index < -0.39 is 49.5 Å². The third-order valence-electron chi connectivity index (χ3n) is 9.76. The summed E-state index contributed by atoms with van der Waals surface area (Å²) in [6.07, 6.45) is 41.0. The van der Waals surface area contributed by atoms with Crippen LogP contribution < -0.4 is 5.32 Å². The van der Waals surface area contributed by atoms with E-state index in [9.17, 15) is 30.3 Å². The third kappa shape index (κ3) is 27.0. The van der Waals surface area contributed by atoms with Crippen molar-refractivity contribution in [3.8, 4) is 0 Å². The predicted octanol–water partition coefficient (Wildman–Crippen LogP) is 8.61. The topological polar surface area (TPSA) is 149 Å². The van der Waals surface area contributed by atoms with Crippen molar-refractivity contribution in [2.45, 2.75) is 198 Å². The lowest BCUT2D eigenvalue weighted by Crippen LogP contribution is -2.60. The first-order valence-electron chi connectivity index (χ1n) is 21.7. The Morgan fingerprint density at radius 2 is 1.15 bits per heavy atom. The first-order chi connectivity index (χ1) is 26.8. The molecule has 7 unspecified atom stereocenters. The van der Waals surface area contributed by atoms with Crippen LogP contribution in [0.2, 0.25) is 0 Å². The number of carbonyl (C=O) groups is 1. The molecule has 1 saturated heterocycles. The second-order valence-corrected chi connectivity index (χ2v) is 14.7. The number of allylic oxidation sites excluding steroid dienone is 11. The third-order valence-corrected chi connectivity index (χ3v) is 9.76. The molecule has 0 aromatic carbocycles. The number of aliphatic hydroxyl groups is 5. The van der Waals surface area contributed by atoms with E-state index in [-0.39, 0.29) is 12.5 Å². The minimum absolute atomic E-state index is 0.199. The molecule has 1 fully saturated rings. The highest BCUT2D eigenvalue weighted by molar-refractivity contribution is 5.76. The Morgan fingerprint density at radius 1 is 0.636 bits per heavy atom. The van der Waals surface area contributed by atoms with Crippen molar-refractivity contribution in [2.24, 2.45) is 0 Å². The molecule has 7 atom stereocenters. The van der Waals surface area contributed by atoms with Gasteiger partial charge in [0.1, 0.15) is 24.4 Å². The van der Waals surface area contributed by atoms with Crippen LogP contribution in [0.15, 0.2) is 72.9 Å². The van der Waals surface area contributed by atoms with Crippen LogP contribution in [0.3, 0.4) is 0 Å². The maximum atomic E-state index is 12.9. The van der Waals surface area contributed by atoms with Gasteiger partial charge in [0.2, 0.25) is 5.91 Å². The average molecular weight is 774 g/mol. The fraction of sp³-hybridized carbons (Fsp3) is 0.717. The highest BCUT2D eigenvalue weighted by atomic mass is 16.7. The highest BCUT2D eigenvalue weighted by Crippen LogP contribution is 2.22. The van der Waals surface area contributed by atoms with Crippen molar-refractivity contribution in [1.82, 2.24) is 5.32 Å². The Kier molecular flexibility index (Phi) is 33.2. The van der Waals surface area contributed by atoms with Crippen molar-refractivity contribution in [2.75, 3.05) is 13.2 Å². The molecule has 6 N–H and O–H groups in total. The Bertz CT molecular complexity index is 1080. The van der Waals surface area contributed by atoms with E-state index >= 15 is 0 Å². The Morgan fingerprint density at radius 3 is 1.75 bits per heavy atom. The van der Waals surface area contributed by atoms with E-state index in [0.717, 1.165) is 77.0 Å². The lowest BCUT2D eigenvalue weighted by molar-refractivity contribution is -0.302. The molecule has 1 rings (SSSR count). The SMILES string of the molecule is CC/C=C\C/C=C\C/C=C\C/C=C\CCCCCCCCCCCCC(=O)NC(COC1OC(CO)C(O)C(O)C1O)C(O)/C=C/CC/C=C/CCCCC. The van der Waals surface area contributed by atoms with E-state index in [1.807, 2.05) is 6.08 Å². The lowest BCUT2D eigenvalue weighted by Gasteiger charge is -2.40. The van der Waals surface area contributed by atoms with Gasteiger partial charge in [0.15, 0.2) is 6.29 Å². The van der Waals surface area contributed by atoms with Crippen LogP contribution in [0.4, 0.5) is 0 Å². The molecule has 1 amide bonds. The van der Waals surface area contributed by atoms with Gasteiger partial charge in [-0.05, 0) is 70.6 Å². The molecular formula is C46H79NO8. The minimum atomic E-state index is -1.57. The van der Waals surface area contributed by atoms with Crippen molar-refractivity contribution in [3.05, 3.63) is 72.9 Å². The predicted molar refractivity (Wildman–Crippen MR) is 225 cm³/mol. The van der Waals surface area contributed by atoms with Gasteiger partial charge in [0.25, 0.3) is 0 Å². The number of ether oxygens (including phenoxy) is 2. The molecular weight excluding hydrogens is 695 g/mol. The van der Waals surface area contributed by atoms with Gasteiger partial charge in [-0.1, -0.05) is 151 Å². The number of hydrogen-bond donors (Lipinski definition) is 6. The summed E-state index contributed by atoms with van der Waals surface area (Å²) in [6.45, 7) is 3.56. The smallest absolute Gasteiger partial charge is 0.220 e. The molecule has 1 aliphatic rings. The first kappa shape index (κ1) is 50.6. The molecule has 0 bridgehead atoms. The second kappa shape index (κ2) is 36.0. The average Bonchev–Trinajstić information content (AvgIpc) is 3.18. The molecule has 0 aliphatic carbocycles. The van der Waals surface area contributed by atoms with Crippen LogP contribution >= 0.6 is 0 Å². The Balaban J connectivity index is 2.29. The molecule has 9 nitrogen and oxygen atoms in total. The zero-order valence-corrected chi connectivity index (χ0v) is 34.4. The van der Waals surface area contributed by atoms with Crippen molar-refractivity contribution >= 4 is 5.91 Å². The summed E-state index contributed by atoms with van der Waals surface area (Å²) in [5, 5.41) is 53.9. The zero-order valence-electron chi connectivity index (χ0n) is 34.4. The van der Waals surface area contributed by atoms with Crippen molar-refractivity contribution in [1.29, 1.82) is 0 Å². The largest absolute Gasteiger partial charge is 0.394 e. The monoisotopic (exact) mass is 774 g/mol. The van der Waals surface area contributed by atoms with Gasteiger partial charge in [0, 0.05) is 6.42 Å². The standard InChI is InChI=1S/C46H79NO8/c1-3-5-7-9-11-13-14-15-16-17-18-19-20-21-22-23-24-25-26-28-30-32-34-36-42(50)47-39(40(49)35-33-31-29-27-12-10-8-6-4-2)38-54-46-45(53)44(52)43(51)41(37-48)55-46/h5,7,11-13,15-16,18-19,27,33,35,39-41,43-46,48-49,51-53H,3-4,6,8-10,14,17,20-26,28-32,34,36-38H2,1-2H3,(H,47,50)/b7-5-,13-11-,16-15-,19-18-,27-12+,35-33+. The Labute approximate surface area is 334 Å². The van der Waals surface area contributed by atoms with Crippen LogP contribution in [0.5, 0.6) is 0 Å². The summed E-state index contributed by atoms with van der Waals surface area (Å²) in [5.41, 5.74) is 0. The van der Waals surface area contributed by atoms with Gasteiger partial charge in [-0.15, -0.1) is 0 Å².